The van der Waals surface area contributed by atoms with Crippen molar-refractivity contribution in [3.63, 3.8) is 0 Å². The Kier molecular flexibility index (Phi) is 10.2. The summed E-state index contributed by atoms with van der Waals surface area (Å²) in [6, 6.07) is 15.9. The van der Waals surface area contributed by atoms with Crippen molar-refractivity contribution in [3.05, 3.63) is 77.9 Å². The van der Waals surface area contributed by atoms with Gasteiger partial charge in [0.2, 0.25) is 0 Å². The van der Waals surface area contributed by atoms with E-state index in [1.807, 2.05) is 36.4 Å². The van der Waals surface area contributed by atoms with Crippen molar-refractivity contribution in [1.29, 1.82) is 0 Å². The lowest BCUT2D eigenvalue weighted by Crippen LogP contribution is -2.20. The molecule has 0 saturated heterocycles. The normalized spacial score (nSPS) is 19.1. The van der Waals surface area contributed by atoms with Crippen LogP contribution in [-0.2, 0) is 6.42 Å². The average molecular weight is 447 g/mol. The lowest BCUT2D eigenvalue weighted by atomic mass is 9.71. The number of ether oxygens (including phenoxy) is 1. The fourth-order valence-electron chi connectivity index (χ4n) is 5.39. The minimum absolute atomic E-state index is 0.294. The molecule has 1 aliphatic carbocycles. The summed E-state index contributed by atoms with van der Waals surface area (Å²) in [5.41, 5.74) is 3.20. The lowest BCUT2D eigenvalue weighted by molar-refractivity contribution is 0.0734. The summed E-state index contributed by atoms with van der Waals surface area (Å²) in [5, 5.41) is 0. The van der Waals surface area contributed by atoms with Crippen LogP contribution >= 0.6 is 0 Å². The van der Waals surface area contributed by atoms with Crippen LogP contribution in [0.1, 0.15) is 105 Å². The van der Waals surface area contributed by atoms with Crippen molar-refractivity contribution in [1.82, 2.24) is 0 Å². The van der Waals surface area contributed by atoms with Crippen LogP contribution < -0.4 is 4.74 Å². The molecule has 0 aliphatic heterocycles. The van der Waals surface area contributed by atoms with E-state index < -0.39 is 0 Å². The molecule has 2 aromatic carbocycles. The van der Waals surface area contributed by atoms with Gasteiger partial charge in [-0.25, -0.2) is 4.79 Å². The van der Waals surface area contributed by atoms with Crippen LogP contribution in [0.15, 0.2) is 61.2 Å². The number of benzene rings is 2. The van der Waals surface area contributed by atoms with Crippen molar-refractivity contribution < 1.29 is 9.53 Å². The van der Waals surface area contributed by atoms with E-state index in [0.29, 0.717) is 23.1 Å². The Labute approximate surface area is 201 Å². The van der Waals surface area contributed by atoms with Gasteiger partial charge in [0.05, 0.1) is 5.56 Å². The van der Waals surface area contributed by atoms with Crippen LogP contribution in [-0.4, -0.2) is 5.97 Å². The quantitative estimate of drug-likeness (QED) is 0.141. The Morgan fingerprint density at radius 1 is 0.970 bits per heavy atom. The molecule has 0 amide bonds. The smallest absolute Gasteiger partial charge is 0.343 e. The summed E-state index contributed by atoms with van der Waals surface area (Å²) in [6.45, 7) is 8.47. The molecule has 1 aliphatic rings. The first-order valence-corrected chi connectivity index (χ1v) is 13.2. The number of aryl methyl sites for hydroxylation is 1. The van der Waals surface area contributed by atoms with Crippen molar-refractivity contribution >= 4 is 5.97 Å². The maximum atomic E-state index is 12.6. The zero-order chi connectivity index (χ0) is 23.5. The van der Waals surface area contributed by atoms with Gasteiger partial charge < -0.3 is 4.74 Å². The van der Waals surface area contributed by atoms with Gasteiger partial charge in [-0.15, -0.1) is 6.58 Å². The number of unbranched alkanes of at least 4 members (excludes halogenated alkanes) is 2. The van der Waals surface area contributed by atoms with Gasteiger partial charge in [-0.1, -0.05) is 89.1 Å². The molecule has 0 radical (unpaired) electrons. The standard InChI is InChI=1S/C31H42O2/c1-4-7-8-11-25-12-16-26(17-13-25)30(10-6-3)27-18-20-28(21-19-27)31(32)33-29-22-14-24(9-5-2)15-23-29/h6,14-15,18-23,25-26,30H,3-5,7-13,16-17H2,1-2H3/t25-,26-,30?. The highest BCUT2D eigenvalue weighted by molar-refractivity contribution is 5.91. The Bertz CT molecular complexity index is 841. The van der Waals surface area contributed by atoms with E-state index >= 15 is 0 Å². The highest BCUT2D eigenvalue weighted by Crippen LogP contribution is 2.41. The summed E-state index contributed by atoms with van der Waals surface area (Å²) in [7, 11) is 0. The largest absolute Gasteiger partial charge is 0.423 e. The van der Waals surface area contributed by atoms with Crippen LogP contribution in [0.3, 0.4) is 0 Å². The van der Waals surface area contributed by atoms with Crippen molar-refractivity contribution in [2.24, 2.45) is 11.8 Å². The molecule has 2 nitrogen and oxygen atoms in total. The van der Waals surface area contributed by atoms with Gasteiger partial charge in [-0.2, -0.15) is 0 Å². The number of allylic oxidation sites excluding steroid dienone is 1. The van der Waals surface area contributed by atoms with Crippen molar-refractivity contribution in [3.8, 4) is 5.75 Å². The monoisotopic (exact) mass is 446 g/mol. The predicted octanol–water partition coefficient (Wildman–Crippen LogP) is 8.90. The SMILES string of the molecule is C=CCC(c1ccc(C(=O)Oc2ccc(CCC)cc2)cc1)[C@H]1CC[C@H](CCCCC)CC1. The van der Waals surface area contributed by atoms with Gasteiger partial charge in [0, 0.05) is 0 Å². The second kappa shape index (κ2) is 13.4. The molecule has 1 saturated carbocycles. The van der Waals surface area contributed by atoms with Gasteiger partial charge >= 0.3 is 5.97 Å². The van der Waals surface area contributed by atoms with E-state index in [-0.39, 0.29) is 5.97 Å². The van der Waals surface area contributed by atoms with Crippen LogP contribution in [0.4, 0.5) is 0 Å². The van der Waals surface area contributed by atoms with Crippen LogP contribution in [0, 0.1) is 11.8 Å². The summed E-state index contributed by atoms with van der Waals surface area (Å²) in [6.07, 6.45) is 16.0. The third kappa shape index (κ3) is 7.59. The fraction of sp³-hybridized carbons (Fsp3) is 0.516. The number of hydrogen-bond acceptors (Lipinski definition) is 2. The second-order valence-electron chi connectivity index (χ2n) is 9.81. The summed E-state index contributed by atoms with van der Waals surface area (Å²) >= 11 is 0. The Morgan fingerprint density at radius 3 is 2.27 bits per heavy atom. The van der Waals surface area contributed by atoms with E-state index in [4.69, 9.17) is 4.74 Å². The molecule has 3 rings (SSSR count). The molecule has 0 heterocycles. The van der Waals surface area contributed by atoms with Crippen LogP contribution in [0.25, 0.3) is 0 Å². The molecular weight excluding hydrogens is 404 g/mol. The molecule has 2 aromatic rings. The van der Waals surface area contributed by atoms with Gasteiger partial charge in [0.1, 0.15) is 5.75 Å². The molecular formula is C31H42O2. The molecule has 0 bridgehead atoms. The number of esters is 1. The van der Waals surface area contributed by atoms with E-state index in [2.05, 4.69) is 38.6 Å². The molecule has 1 fully saturated rings. The van der Waals surface area contributed by atoms with Crippen molar-refractivity contribution in [2.45, 2.75) is 90.4 Å². The zero-order valence-electron chi connectivity index (χ0n) is 20.7. The number of carbonyl (C=O) groups is 1. The highest BCUT2D eigenvalue weighted by atomic mass is 16.5. The Hall–Kier alpha value is -2.35. The molecule has 0 aromatic heterocycles. The van der Waals surface area contributed by atoms with Crippen LogP contribution in [0.5, 0.6) is 5.75 Å². The van der Waals surface area contributed by atoms with Gasteiger partial charge in [-0.3, -0.25) is 0 Å². The first kappa shape index (κ1) is 25.3. The van der Waals surface area contributed by atoms with E-state index in [9.17, 15) is 4.79 Å². The third-order valence-corrected chi connectivity index (χ3v) is 7.34. The fourth-order valence-corrected chi connectivity index (χ4v) is 5.39. The number of rotatable bonds is 12. The van der Waals surface area contributed by atoms with Crippen LogP contribution in [0.2, 0.25) is 0 Å². The van der Waals surface area contributed by atoms with E-state index in [1.165, 1.54) is 62.5 Å². The van der Waals surface area contributed by atoms with E-state index in [0.717, 1.165) is 25.2 Å². The van der Waals surface area contributed by atoms with Gasteiger partial charge in [0.15, 0.2) is 0 Å². The van der Waals surface area contributed by atoms with Gasteiger partial charge in [-0.05, 0) is 78.8 Å². The van der Waals surface area contributed by atoms with Crippen molar-refractivity contribution in [2.75, 3.05) is 0 Å². The van der Waals surface area contributed by atoms with Gasteiger partial charge in [0.25, 0.3) is 0 Å². The first-order valence-electron chi connectivity index (χ1n) is 13.2. The molecule has 1 atom stereocenters. The maximum absolute atomic E-state index is 12.6. The number of hydrogen-bond donors (Lipinski definition) is 0. The molecule has 178 valence electrons. The summed E-state index contributed by atoms with van der Waals surface area (Å²) in [5.74, 6) is 2.44. The molecule has 33 heavy (non-hydrogen) atoms. The Morgan fingerprint density at radius 2 is 1.67 bits per heavy atom. The minimum Gasteiger partial charge on any atom is -0.423 e. The Balaban J connectivity index is 1.58. The minimum atomic E-state index is -0.294. The third-order valence-electron chi connectivity index (χ3n) is 7.34. The first-order chi connectivity index (χ1) is 16.1. The van der Waals surface area contributed by atoms with E-state index in [1.54, 1.807) is 0 Å². The zero-order valence-corrected chi connectivity index (χ0v) is 20.7. The topological polar surface area (TPSA) is 26.3 Å². The lowest BCUT2D eigenvalue weighted by Gasteiger charge is -2.34. The number of carbonyl (C=O) groups excluding carboxylic acids is 1. The highest BCUT2D eigenvalue weighted by Gasteiger charge is 2.28. The predicted molar refractivity (Wildman–Crippen MR) is 139 cm³/mol. The maximum Gasteiger partial charge on any atom is 0.343 e. The molecule has 0 N–H and O–H groups in total. The molecule has 0 spiro atoms. The summed E-state index contributed by atoms with van der Waals surface area (Å²) in [4.78, 5) is 12.6. The second-order valence-corrected chi connectivity index (χ2v) is 9.81. The molecule has 2 heteroatoms. The molecule has 1 unspecified atom stereocenters. The summed E-state index contributed by atoms with van der Waals surface area (Å²) < 4.78 is 5.59. The average Bonchev–Trinajstić information content (AvgIpc) is 2.85.